The number of ether oxygens (including phenoxy) is 6. The Labute approximate surface area is 304 Å². The summed E-state index contributed by atoms with van der Waals surface area (Å²) in [5.41, 5.74) is -4.84. The Hall–Kier alpha value is -1.30. The van der Waals surface area contributed by atoms with E-state index in [0.717, 1.165) is 0 Å². The zero-order valence-electron chi connectivity index (χ0n) is 32.9. The van der Waals surface area contributed by atoms with E-state index < -0.39 is 108 Å². The number of aliphatic hydroxyl groups is 5. The summed E-state index contributed by atoms with van der Waals surface area (Å²) in [6.45, 7) is 16.3. The Morgan fingerprint density at radius 2 is 1.49 bits per heavy atom. The number of hydrogen-bond donors (Lipinski definition) is 5. The van der Waals surface area contributed by atoms with E-state index in [2.05, 4.69) is 0 Å². The molecule has 0 radical (unpaired) electrons. The van der Waals surface area contributed by atoms with Crippen LogP contribution in [0.5, 0.6) is 0 Å². The number of carbonyl (C=O) groups excluding carboxylic acids is 2. The van der Waals surface area contributed by atoms with Crippen molar-refractivity contribution < 1.29 is 63.5 Å². The fourth-order valence-corrected chi connectivity index (χ4v) is 8.41. The van der Waals surface area contributed by atoms with Gasteiger partial charge < -0.3 is 58.9 Å². The summed E-state index contributed by atoms with van der Waals surface area (Å²) in [4.78, 5) is 29.8. The molecule has 1 unspecified atom stereocenters. The van der Waals surface area contributed by atoms with Crippen molar-refractivity contribution in [1.29, 1.82) is 0 Å². The second kappa shape index (κ2) is 17.0. The second-order valence-corrected chi connectivity index (χ2v) is 16.5. The van der Waals surface area contributed by atoms with Gasteiger partial charge >= 0.3 is 5.97 Å². The molecule has 0 saturated carbocycles. The van der Waals surface area contributed by atoms with Crippen molar-refractivity contribution in [2.24, 2.45) is 23.7 Å². The molecule has 14 nitrogen and oxygen atoms in total. The highest BCUT2D eigenvalue weighted by atomic mass is 16.7. The van der Waals surface area contributed by atoms with Gasteiger partial charge in [0, 0.05) is 37.3 Å². The van der Waals surface area contributed by atoms with E-state index in [1.807, 2.05) is 25.9 Å². The molecule has 0 bridgehead atoms. The summed E-state index contributed by atoms with van der Waals surface area (Å²) in [6.07, 6.45) is -9.71. The number of Topliss-reactive ketones (excluding diaryl/α,β-unsaturated/α-hetero) is 1. The van der Waals surface area contributed by atoms with Crippen molar-refractivity contribution in [1.82, 2.24) is 4.90 Å². The number of ketones is 1. The Kier molecular flexibility index (Phi) is 14.7. The van der Waals surface area contributed by atoms with Crippen LogP contribution in [-0.2, 0) is 38.0 Å². The number of esters is 1. The van der Waals surface area contributed by atoms with Gasteiger partial charge in [-0.2, -0.15) is 0 Å². The predicted octanol–water partition coefficient (Wildman–Crippen LogP) is 1.79. The van der Waals surface area contributed by atoms with E-state index in [-0.39, 0.29) is 31.4 Å². The van der Waals surface area contributed by atoms with E-state index in [4.69, 9.17) is 28.4 Å². The maximum Gasteiger partial charge on any atom is 0.311 e. The van der Waals surface area contributed by atoms with E-state index in [1.54, 1.807) is 41.5 Å². The van der Waals surface area contributed by atoms with Gasteiger partial charge in [-0.05, 0) is 74.9 Å². The highest BCUT2D eigenvalue weighted by Gasteiger charge is 2.53. The predicted molar refractivity (Wildman–Crippen MR) is 186 cm³/mol. The van der Waals surface area contributed by atoms with Gasteiger partial charge in [-0.15, -0.1) is 0 Å². The van der Waals surface area contributed by atoms with Gasteiger partial charge in [0.15, 0.2) is 12.6 Å². The SMILES string of the molecule is CC[C@H]1OC(=O)[C@H](C)[C@@H](O[C@H]2C[C@@](C)(OC)[C@@H](O)[C@H](C)O2)[C@H](C)[C@@H](O[C@@H]2O[C@H](C)C[C@H](N(C)C)[C@H]2O)[C@](C)(O)CC(C)C(=O)[C@H](C)[C@@H](O)[C@]1(C)O. The third kappa shape index (κ3) is 9.51. The van der Waals surface area contributed by atoms with Crippen LogP contribution in [0.4, 0.5) is 0 Å². The minimum absolute atomic E-state index is 0.0936. The van der Waals surface area contributed by atoms with Crippen LogP contribution in [-0.4, -0.2) is 148 Å². The molecule has 3 aliphatic heterocycles. The molecule has 14 heteroatoms. The molecule has 3 aliphatic rings. The molecule has 51 heavy (non-hydrogen) atoms. The van der Waals surface area contributed by atoms with Crippen molar-refractivity contribution >= 4 is 11.8 Å². The first-order valence-corrected chi connectivity index (χ1v) is 18.5. The van der Waals surface area contributed by atoms with Gasteiger partial charge in [-0.3, -0.25) is 9.59 Å². The molecule has 3 fully saturated rings. The topological polar surface area (TPSA) is 194 Å². The first-order chi connectivity index (χ1) is 23.4. The van der Waals surface area contributed by atoms with Crippen LogP contribution in [0.2, 0.25) is 0 Å². The van der Waals surface area contributed by atoms with Gasteiger partial charge in [-0.25, -0.2) is 0 Å². The molecule has 0 spiro atoms. The molecule has 3 saturated heterocycles. The van der Waals surface area contributed by atoms with Crippen molar-refractivity contribution in [2.75, 3.05) is 21.2 Å². The maximum absolute atomic E-state index is 14.1. The molecular weight excluding hydrogens is 666 g/mol. The quantitative estimate of drug-likeness (QED) is 0.238. The van der Waals surface area contributed by atoms with Crippen LogP contribution in [0.1, 0.15) is 94.9 Å². The summed E-state index contributed by atoms with van der Waals surface area (Å²) in [7, 11) is 5.18. The number of methoxy groups -OCH3 is 1. The lowest BCUT2D eigenvalue weighted by Gasteiger charge is -2.49. The smallest absolute Gasteiger partial charge is 0.311 e. The number of likely N-dealkylation sites (N-methyl/N-ethyl adjacent to an activating group) is 1. The van der Waals surface area contributed by atoms with Crippen LogP contribution < -0.4 is 0 Å². The summed E-state index contributed by atoms with van der Waals surface area (Å²) in [6, 6.07) is -0.324. The van der Waals surface area contributed by atoms with E-state index >= 15 is 0 Å². The molecule has 0 aromatic rings. The zero-order valence-corrected chi connectivity index (χ0v) is 32.9. The van der Waals surface area contributed by atoms with Crippen LogP contribution in [0.15, 0.2) is 0 Å². The average Bonchev–Trinajstić information content (AvgIpc) is 3.05. The summed E-state index contributed by atoms with van der Waals surface area (Å²) in [5.74, 6) is -4.98. The highest BCUT2D eigenvalue weighted by Crippen LogP contribution is 2.40. The van der Waals surface area contributed by atoms with Crippen molar-refractivity contribution in [2.45, 2.75) is 179 Å². The monoisotopic (exact) mass is 733 g/mol. The second-order valence-electron chi connectivity index (χ2n) is 16.5. The molecular formula is C37H67NO13. The van der Waals surface area contributed by atoms with Crippen LogP contribution in [0.3, 0.4) is 0 Å². The molecule has 18 atom stereocenters. The lowest BCUT2D eigenvalue weighted by Crippen LogP contribution is -2.61. The lowest BCUT2D eigenvalue weighted by atomic mass is 9.74. The fraction of sp³-hybridized carbons (Fsp3) is 0.946. The Morgan fingerprint density at radius 1 is 0.882 bits per heavy atom. The van der Waals surface area contributed by atoms with Crippen molar-refractivity contribution in [3.63, 3.8) is 0 Å². The minimum atomic E-state index is -1.99. The Balaban J connectivity index is 2.18. The standard InChI is InChI=1S/C37H67NO13/c1-14-25-37(10,45)30(41)20(4)27(39)18(2)16-35(8,44)32(51-34-28(40)24(38(11)12)15-19(3)47-34)21(5)29(22(6)33(43)49-25)50-26-17-36(9,46-13)31(42)23(7)48-26/h18-26,28-32,34,40-42,44-45H,14-17H2,1-13H3/t18?,19-,20+,21+,22-,23+,24+,25-,26+,28-,29+,30-,31+,32-,34+,35-,36-,37-/m1/s1. The fourth-order valence-electron chi connectivity index (χ4n) is 8.41. The lowest BCUT2D eigenvalue weighted by molar-refractivity contribution is -0.318. The Morgan fingerprint density at radius 3 is 2.04 bits per heavy atom. The number of rotatable bonds is 7. The largest absolute Gasteiger partial charge is 0.459 e. The van der Waals surface area contributed by atoms with Gasteiger partial charge in [0.05, 0.1) is 47.6 Å². The summed E-state index contributed by atoms with van der Waals surface area (Å²) >= 11 is 0. The Bertz CT molecular complexity index is 1170. The van der Waals surface area contributed by atoms with Crippen molar-refractivity contribution in [3.8, 4) is 0 Å². The molecule has 3 rings (SSSR count). The van der Waals surface area contributed by atoms with Gasteiger partial charge in [0.1, 0.15) is 29.7 Å². The maximum atomic E-state index is 14.1. The third-order valence-electron chi connectivity index (χ3n) is 11.8. The molecule has 0 aliphatic carbocycles. The van der Waals surface area contributed by atoms with E-state index in [9.17, 15) is 35.1 Å². The van der Waals surface area contributed by atoms with Crippen LogP contribution in [0.25, 0.3) is 0 Å². The molecule has 5 N–H and O–H groups in total. The molecule has 3 heterocycles. The van der Waals surface area contributed by atoms with Gasteiger partial charge in [-0.1, -0.05) is 27.7 Å². The number of carbonyl (C=O) groups is 2. The summed E-state index contributed by atoms with van der Waals surface area (Å²) in [5, 5.41) is 57.6. The number of aliphatic hydroxyl groups excluding tert-OH is 3. The third-order valence-corrected chi connectivity index (χ3v) is 11.8. The number of cyclic esters (lactones) is 1. The molecule has 0 aromatic carbocycles. The van der Waals surface area contributed by atoms with E-state index in [1.165, 1.54) is 27.9 Å². The van der Waals surface area contributed by atoms with Gasteiger partial charge in [0.2, 0.25) is 0 Å². The van der Waals surface area contributed by atoms with Crippen LogP contribution >= 0.6 is 0 Å². The van der Waals surface area contributed by atoms with Gasteiger partial charge in [0.25, 0.3) is 0 Å². The molecule has 0 aromatic heterocycles. The molecule has 298 valence electrons. The first-order valence-electron chi connectivity index (χ1n) is 18.5. The summed E-state index contributed by atoms with van der Waals surface area (Å²) < 4.78 is 37.1. The minimum Gasteiger partial charge on any atom is -0.459 e. The van der Waals surface area contributed by atoms with Crippen LogP contribution in [0, 0.1) is 23.7 Å². The number of hydrogen-bond acceptors (Lipinski definition) is 14. The normalized spacial score (nSPS) is 49.7. The average molecular weight is 734 g/mol. The van der Waals surface area contributed by atoms with E-state index in [0.29, 0.717) is 6.42 Å². The number of nitrogens with zero attached hydrogens (tertiary/aromatic N) is 1. The van der Waals surface area contributed by atoms with Crippen molar-refractivity contribution in [3.05, 3.63) is 0 Å². The highest BCUT2D eigenvalue weighted by molar-refractivity contribution is 5.83. The zero-order chi connectivity index (χ0) is 39.0. The molecule has 0 amide bonds. The first kappa shape index (κ1) is 44.1.